The second-order valence-electron chi connectivity index (χ2n) is 5.74. The predicted octanol–water partition coefficient (Wildman–Crippen LogP) is 2.78. The van der Waals surface area contributed by atoms with Crippen LogP contribution in [0.25, 0.3) is 11.3 Å². The van der Waals surface area contributed by atoms with Gasteiger partial charge in [-0.3, -0.25) is 14.5 Å². The number of pyridine rings is 1. The molecule has 0 atom stereocenters. The Kier molecular flexibility index (Phi) is 4.38. The van der Waals surface area contributed by atoms with Crippen LogP contribution in [0, 0.1) is 12.3 Å². The number of carbonyl (C=O) groups excluding carboxylic acids is 1. The van der Waals surface area contributed by atoms with Crippen LogP contribution >= 0.6 is 0 Å². The summed E-state index contributed by atoms with van der Waals surface area (Å²) in [7, 11) is 1.84. The fourth-order valence-electron chi connectivity index (χ4n) is 2.47. The van der Waals surface area contributed by atoms with E-state index in [1.54, 1.807) is 23.1 Å². The summed E-state index contributed by atoms with van der Waals surface area (Å²) in [6.07, 6.45) is 12.7. The summed E-state index contributed by atoms with van der Waals surface area (Å²) < 4.78 is 1.70. The van der Waals surface area contributed by atoms with Gasteiger partial charge in [-0.15, -0.1) is 12.3 Å². The number of terminal acetylenes is 1. The number of hydrogen-bond donors (Lipinski definition) is 1. The van der Waals surface area contributed by atoms with Gasteiger partial charge in [-0.2, -0.15) is 15.3 Å². The normalized spacial score (nSPS) is 14.2. The fraction of sp³-hybridized carbons (Fsp3) is 0.353. The lowest BCUT2D eigenvalue weighted by molar-refractivity contribution is -0.116. The molecule has 7 heteroatoms. The van der Waals surface area contributed by atoms with Crippen LogP contribution in [0.2, 0.25) is 0 Å². The minimum Gasteiger partial charge on any atom is -0.324 e. The van der Waals surface area contributed by atoms with Crippen LogP contribution in [-0.2, 0) is 11.8 Å². The molecule has 0 unspecified atom stereocenters. The third-order valence-electron chi connectivity index (χ3n) is 3.87. The Labute approximate surface area is 140 Å². The average Bonchev–Trinajstić information content (AvgIpc) is 3.24. The van der Waals surface area contributed by atoms with E-state index in [4.69, 9.17) is 6.42 Å². The lowest BCUT2D eigenvalue weighted by Gasteiger charge is -2.11. The number of carbonyl (C=O) groups is 1. The first kappa shape index (κ1) is 15.9. The molecule has 0 bridgehead atoms. The molecule has 7 nitrogen and oxygen atoms in total. The van der Waals surface area contributed by atoms with E-state index in [-0.39, 0.29) is 5.91 Å². The molecule has 0 saturated carbocycles. The maximum absolute atomic E-state index is 12.3. The maximum atomic E-state index is 12.3. The Balaban J connectivity index is 1.62. The van der Waals surface area contributed by atoms with E-state index in [1.165, 1.54) is 0 Å². The van der Waals surface area contributed by atoms with Crippen LogP contribution in [0.3, 0.4) is 0 Å². The molecule has 0 spiro atoms. The van der Waals surface area contributed by atoms with Crippen molar-refractivity contribution >= 4 is 11.6 Å². The third-order valence-corrected chi connectivity index (χ3v) is 3.87. The minimum atomic E-state index is -0.440. The molecular weight excluding hydrogens is 304 g/mol. The molecule has 3 rings (SSSR count). The van der Waals surface area contributed by atoms with E-state index in [2.05, 4.69) is 31.5 Å². The number of aromatic nitrogens is 3. The Morgan fingerprint density at radius 1 is 1.42 bits per heavy atom. The van der Waals surface area contributed by atoms with Gasteiger partial charge >= 0.3 is 0 Å². The Hall–Kier alpha value is -3.01. The zero-order valence-corrected chi connectivity index (χ0v) is 13.4. The van der Waals surface area contributed by atoms with Crippen molar-refractivity contribution in [3.8, 4) is 23.6 Å². The molecule has 122 valence electrons. The number of amides is 1. The first-order chi connectivity index (χ1) is 11.6. The molecule has 1 amide bonds. The zero-order chi connectivity index (χ0) is 17.0. The van der Waals surface area contributed by atoms with Crippen LogP contribution in [-0.4, -0.2) is 26.3 Å². The summed E-state index contributed by atoms with van der Waals surface area (Å²) in [6, 6.07) is 3.61. The molecule has 24 heavy (non-hydrogen) atoms. The van der Waals surface area contributed by atoms with Crippen molar-refractivity contribution in [3.63, 3.8) is 0 Å². The second kappa shape index (κ2) is 6.62. The minimum absolute atomic E-state index is 0.0921. The number of aryl methyl sites for hydroxylation is 1. The maximum Gasteiger partial charge on any atom is 0.224 e. The second-order valence-corrected chi connectivity index (χ2v) is 5.74. The van der Waals surface area contributed by atoms with Crippen molar-refractivity contribution in [3.05, 3.63) is 30.7 Å². The highest BCUT2D eigenvalue weighted by Crippen LogP contribution is 2.37. The number of rotatable bonds is 7. The SMILES string of the molecule is C#CCCC1(CCC(=O)Nc2cccnc2-c2cnn(C)c2)N=N1. The number of nitrogens with zero attached hydrogens (tertiary/aromatic N) is 5. The van der Waals surface area contributed by atoms with Crippen LogP contribution < -0.4 is 5.32 Å². The van der Waals surface area contributed by atoms with E-state index in [0.29, 0.717) is 37.1 Å². The lowest BCUT2D eigenvalue weighted by Crippen LogP contribution is -2.18. The van der Waals surface area contributed by atoms with Gasteiger partial charge in [0.15, 0.2) is 5.66 Å². The van der Waals surface area contributed by atoms with Gasteiger partial charge in [-0.25, -0.2) is 0 Å². The van der Waals surface area contributed by atoms with Gasteiger partial charge in [0.2, 0.25) is 5.91 Å². The van der Waals surface area contributed by atoms with Crippen molar-refractivity contribution < 1.29 is 4.79 Å². The third kappa shape index (κ3) is 3.66. The van der Waals surface area contributed by atoms with E-state index >= 15 is 0 Å². The van der Waals surface area contributed by atoms with Crippen LogP contribution in [0.5, 0.6) is 0 Å². The summed E-state index contributed by atoms with van der Waals surface area (Å²) in [5, 5.41) is 15.1. The first-order valence-corrected chi connectivity index (χ1v) is 7.73. The summed E-state index contributed by atoms with van der Waals surface area (Å²) >= 11 is 0. The average molecular weight is 322 g/mol. The molecular formula is C17H18N6O. The van der Waals surface area contributed by atoms with Crippen molar-refractivity contribution in [2.75, 3.05) is 5.32 Å². The largest absolute Gasteiger partial charge is 0.324 e. The number of anilines is 1. The lowest BCUT2D eigenvalue weighted by atomic mass is 10.0. The van der Waals surface area contributed by atoms with E-state index in [0.717, 1.165) is 5.56 Å². The van der Waals surface area contributed by atoms with Crippen molar-refractivity contribution in [2.24, 2.45) is 17.3 Å². The van der Waals surface area contributed by atoms with Crippen LogP contribution in [0.4, 0.5) is 5.69 Å². The molecule has 2 aromatic rings. The number of hydrogen-bond acceptors (Lipinski definition) is 5. The molecule has 0 saturated heterocycles. The Morgan fingerprint density at radius 3 is 2.92 bits per heavy atom. The fourth-order valence-corrected chi connectivity index (χ4v) is 2.47. The van der Waals surface area contributed by atoms with Gasteiger partial charge in [0.25, 0.3) is 0 Å². The molecule has 0 fully saturated rings. The van der Waals surface area contributed by atoms with Crippen molar-refractivity contribution in [2.45, 2.75) is 31.3 Å². The molecule has 0 aliphatic carbocycles. The van der Waals surface area contributed by atoms with Crippen molar-refractivity contribution in [1.82, 2.24) is 14.8 Å². The molecule has 3 heterocycles. The topological polar surface area (TPSA) is 84.5 Å². The Bertz CT molecular complexity index is 810. The van der Waals surface area contributed by atoms with Gasteiger partial charge in [0.05, 0.1) is 17.6 Å². The molecule has 1 aliphatic heterocycles. The molecule has 1 aliphatic rings. The molecule has 0 aromatic carbocycles. The highest BCUT2D eigenvalue weighted by Gasteiger charge is 2.39. The molecule has 1 N–H and O–H groups in total. The van der Waals surface area contributed by atoms with Gasteiger partial charge in [-0.1, -0.05) is 0 Å². The van der Waals surface area contributed by atoms with E-state index < -0.39 is 5.66 Å². The summed E-state index contributed by atoms with van der Waals surface area (Å²) in [5.74, 6) is 2.49. The monoisotopic (exact) mass is 322 g/mol. The Morgan fingerprint density at radius 2 is 2.25 bits per heavy atom. The van der Waals surface area contributed by atoms with Crippen LogP contribution in [0.1, 0.15) is 25.7 Å². The van der Waals surface area contributed by atoms with Crippen molar-refractivity contribution in [1.29, 1.82) is 0 Å². The molecule has 0 radical (unpaired) electrons. The highest BCUT2D eigenvalue weighted by molar-refractivity contribution is 5.94. The van der Waals surface area contributed by atoms with E-state index in [9.17, 15) is 4.79 Å². The summed E-state index contributed by atoms with van der Waals surface area (Å²) in [4.78, 5) is 16.6. The quantitative estimate of drug-likeness (QED) is 0.795. The van der Waals surface area contributed by atoms with Gasteiger partial charge in [0, 0.05) is 50.7 Å². The standard InChI is InChI=1S/C17H18N6O/c1-3-4-8-17(21-22-17)9-7-15(24)20-14-6-5-10-18-16(14)13-11-19-23(2)12-13/h1,5-6,10-12H,4,7-9H2,2H3,(H,20,24). The first-order valence-electron chi connectivity index (χ1n) is 7.73. The van der Waals surface area contributed by atoms with Gasteiger partial charge in [-0.05, 0) is 12.1 Å². The predicted molar refractivity (Wildman–Crippen MR) is 90.0 cm³/mol. The summed E-state index contributed by atoms with van der Waals surface area (Å²) in [6.45, 7) is 0. The summed E-state index contributed by atoms with van der Waals surface area (Å²) in [5.41, 5.74) is 1.77. The van der Waals surface area contributed by atoms with E-state index in [1.807, 2.05) is 19.3 Å². The van der Waals surface area contributed by atoms with Gasteiger partial charge < -0.3 is 5.32 Å². The number of nitrogens with one attached hydrogen (secondary N) is 1. The smallest absolute Gasteiger partial charge is 0.224 e. The zero-order valence-electron chi connectivity index (χ0n) is 13.4. The highest BCUT2D eigenvalue weighted by atomic mass is 16.1. The van der Waals surface area contributed by atoms with Crippen LogP contribution in [0.15, 0.2) is 41.0 Å². The molecule has 2 aromatic heterocycles. The van der Waals surface area contributed by atoms with Gasteiger partial charge in [0.1, 0.15) is 0 Å².